The minimum atomic E-state index is 0.0541. The van der Waals surface area contributed by atoms with Crippen molar-refractivity contribution in [3.05, 3.63) is 0 Å². The normalized spacial score (nSPS) is 26.0. The first-order chi connectivity index (χ1) is 10.6. The van der Waals surface area contributed by atoms with Crippen molar-refractivity contribution in [1.29, 1.82) is 0 Å². The van der Waals surface area contributed by atoms with E-state index in [9.17, 15) is 4.79 Å². The molecule has 0 bridgehead atoms. The number of carbonyl (C=O) groups is 1. The van der Waals surface area contributed by atoms with E-state index < -0.39 is 0 Å². The van der Waals surface area contributed by atoms with Crippen LogP contribution in [0.2, 0.25) is 0 Å². The minimum Gasteiger partial charge on any atom is -0.377 e. The maximum absolute atomic E-state index is 12.2. The molecule has 2 fully saturated rings. The summed E-state index contributed by atoms with van der Waals surface area (Å²) in [6.07, 6.45) is 0. The van der Waals surface area contributed by atoms with Gasteiger partial charge in [-0.3, -0.25) is 0 Å². The highest BCUT2D eigenvalue weighted by Gasteiger charge is 2.24. The Labute approximate surface area is 134 Å². The van der Waals surface area contributed by atoms with Crippen molar-refractivity contribution in [1.82, 2.24) is 20.0 Å². The Morgan fingerprint density at radius 1 is 1.23 bits per heavy atom. The summed E-state index contributed by atoms with van der Waals surface area (Å²) in [5.74, 6) is 0.480. The topological polar surface area (TPSA) is 48.0 Å². The lowest BCUT2D eigenvalue weighted by Crippen LogP contribution is -2.52. The van der Waals surface area contributed by atoms with E-state index in [1.54, 1.807) is 0 Å². The number of nitrogens with one attached hydrogen (secondary N) is 1. The van der Waals surface area contributed by atoms with Crippen molar-refractivity contribution in [2.45, 2.75) is 26.8 Å². The molecule has 0 unspecified atom stereocenters. The zero-order valence-electron chi connectivity index (χ0n) is 14.4. The third kappa shape index (κ3) is 5.11. The van der Waals surface area contributed by atoms with E-state index in [0.717, 1.165) is 32.7 Å². The molecule has 2 atom stereocenters. The summed E-state index contributed by atoms with van der Waals surface area (Å²) in [6, 6.07) is 0.227. The number of likely N-dealkylation sites (N-methyl/N-ethyl adjacent to an activating group) is 1. The van der Waals surface area contributed by atoms with Gasteiger partial charge >= 0.3 is 6.03 Å². The molecule has 0 aromatic rings. The van der Waals surface area contributed by atoms with E-state index >= 15 is 0 Å². The summed E-state index contributed by atoms with van der Waals surface area (Å²) < 4.78 is 5.37. The second-order valence-corrected chi connectivity index (χ2v) is 6.64. The van der Waals surface area contributed by atoms with Gasteiger partial charge in [0, 0.05) is 45.8 Å². The molecule has 22 heavy (non-hydrogen) atoms. The lowest BCUT2D eigenvalue weighted by atomic mass is 10.1. The first-order valence-electron chi connectivity index (χ1n) is 8.67. The van der Waals surface area contributed by atoms with E-state index in [-0.39, 0.29) is 12.1 Å². The molecule has 0 aromatic carbocycles. The van der Waals surface area contributed by atoms with Crippen molar-refractivity contribution in [3.8, 4) is 0 Å². The van der Waals surface area contributed by atoms with Crippen LogP contribution in [0.5, 0.6) is 0 Å². The lowest BCUT2D eigenvalue weighted by molar-refractivity contribution is 0.0188. The summed E-state index contributed by atoms with van der Waals surface area (Å²) >= 11 is 0. The highest BCUT2D eigenvalue weighted by Crippen LogP contribution is 2.08. The van der Waals surface area contributed by atoms with Crippen LogP contribution < -0.4 is 5.32 Å². The number of piperazine rings is 1. The SMILES string of the molecule is CCN1CCN(C[C@H](C)CNC(=O)N2CCOC[C@H]2C)CC1. The fraction of sp³-hybridized carbons (Fsp3) is 0.938. The van der Waals surface area contributed by atoms with Crippen LogP contribution in [0.4, 0.5) is 4.79 Å². The van der Waals surface area contributed by atoms with Crippen LogP contribution in [0.15, 0.2) is 0 Å². The van der Waals surface area contributed by atoms with Crippen LogP contribution in [-0.2, 0) is 4.74 Å². The fourth-order valence-electron chi connectivity index (χ4n) is 3.19. The molecule has 2 aliphatic heterocycles. The molecule has 0 aliphatic carbocycles. The Kier molecular flexibility index (Phi) is 6.92. The van der Waals surface area contributed by atoms with Gasteiger partial charge in [0.1, 0.15) is 0 Å². The quantitative estimate of drug-likeness (QED) is 0.811. The maximum Gasteiger partial charge on any atom is 0.317 e. The van der Waals surface area contributed by atoms with Crippen LogP contribution in [-0.4, -0.2) is 92.3 Å². The number of nitrogens with zero attached hydrogens (tertiary/aromatic N) is 3. The predicted molar refractivity (Wildman–Crippen MR) is 88.1 cm³/mol. The lowest BCUT2D eigenvalue weighted by Gasteiger charge is -2.36. The standard InChI is InChI=1S/C16H32N4O2/c1-4-18-5-7-19(8-6-18)12-14(2)11-17-16(21)20-9-10-22-13-15(20)3/h14-15H,4-13H2,1-3H3,(H,17,21)/t14-,15-/m1/s1. The smallest absolute Gasteiger partial charge is 0.317 e. The summed E-state index contributed by atoms with van der Waals surface area (Å²) in [5.41, 5.74) is 0. The molecule has 2 rings (SSSR count). The number of hydrogen-bond acceptors (Lipinski definition) is 4. The number of morpholine rings is 1. The summed E-state index contributed by atoms with van der Waals surface area (Å²) in [6.45, 7) is 16.1. The van der Waals surface area contributed by atoms with E-state index in [1.165, 1.54) is 13.1 Å². The molecule has 2 heterocycles. The molecule has 0 aromatic heterocycles. The Balaban J connectivity index is 1.65. The average Bonchev–Trinajstić information content (AvgIpc) is 2.54. The molecule has 0 radical (unpaired) electrons. The third-order valence-electron chi connectivity index (χ3n) is 4.71. The zero-order chi connectivity index (χ0) is 15.9. The molecular formula is C16H32N4O2. The van der Waals surface area contributed by atoms with Crippen LogP contribution >= 0.6 is 0 Å². The molecule has 2 amide bonds. The number of ether oxygens (including phenoxy) is 1. The van der Waals surface area contributed by atoms with Crippen molar-refractivity contribution >= 4 is 6.03 Å². The van der Waals surface area contributed by atoms with Crippen molar-refractivity contribution < 1.29 is 9.53 Å². The first-order valence-corrected chi connectivity index (χ1v) is 8.67. The van der Waals surface area contributed by atoms with Gasteiger partial charge in [0.15, 0.2) is 0 Å². The second kappa shape index (κ2) is 8.70. The summed E-state index contributed by atoms with van der Waals surface area (Å²) in [5, 5.41) is 3.09. The van der Waals surface area contributed by atoms with Crippen LogP contribution in [0.1, 0.15) is 20.8 Å². The van der Waals surface area contributed by atoms with Crippen LogP contribution in [0.3, 0.4) is 0 Å². The average molecular weight is 312 g/mol. The van der Waals surface area contributed by atoms with Crippen molar-refractivity contribution in [2.24, 2.45) is 5.92 Å². The third-order valence-corrected chi connectivity index (χ3v) is 4.71. The van der Waals surface area contributed by atoms with Gasteiger partial charge in [0.2, 0.25) is 0 Å². The van der Waals surface area contributed by atoms with E-state index in [0.29, 0.717) is 25.7 Å². The summed E-state index contributed by atoms with van der Waals surface area (Å²) in [4.78, 5) is 19.1. The van der Waals surface area contributed by atoms with Gasteiger partial charge in [0.05, 0.1) is 19.3 Å². The van der Waals surface area contributed by atoms with Gasteiger partial charge in [-0.1, -0.05) is 13.8 Å². The zero-order valence-corrected chi connectivity index (χ0v) is 14.4. The van der Waals surface area contributed by atoms with Gasteiger partial charge in [0.25, 0.3) is 0 Å². The molecule has 6 nitrogen and oxygen atoms in total. The maximum atomic E-state index is 12.2. The van der Waals surface area contributed by atoms with Crippen molar-refractivity contribution in [3.63, 3.8) is 0 Å². The Bertz CT molecular complexity index is 345. The minimum absolute atomic E-state index is 0.0541. The molecule has 6 heteroatoms. The van der Waals surface area contributed by atoms with E-state index in [1.807, 2.05) is 11.8 Å². The fourth-order valence-corrected chi connectivity index (χ4v) is 3.19. The van der Waals surface area contributed by atoms with Gasteiger partial charge < -0.3 is 24.8 Å². The van der Waals surface area contributed by atoms with E-state index in [4.69, 9.17) is 4.74 Å². The highest BCUT2D eigenvalue weighted by molar-refractivity contribution is 5.74. The van der Waals surface area contributed by atoms with Crippen molar-refractivity contribution in [2.75, 3.05) is 65.6 Å². The molecule has 1 N–H and O–H groups in total. The molecule has 2 saturated heterocycles. The van der Waals surface area contributed by atoms with Gasteiger partial charge in [-0.05, 0) is 19.4 Å². The Morgan fingerprint density at radius 3 is 2.55 bits per heavy atom. The predicted octanol–water partition coefficient (Wildman–Crippen LogP) is 0.690. The molecule has 0 saturated carbocycles. The highest BCUT2D eigenvalue weighted by atomic mass is 16.5. The number of rotatable bonds is 5. The molecule has 2 aliphatic rings. The Hall–Kier alpha value is -0.850. The number of carbonyl (C=O) groups excluding carboxylic acids is 1. The Morgan fingerprint density at radius 2 is 1.91 bits per heavy atom. The molecule has 128 valence electrons. The number of hydrogen-bond donors (Lipinski definition) is 1. The van der Waals surface area contributed by atoms with Gasteiger partial charge in [-0.25, -0.2) is 4.79 Å². The first kappa shape index (κ1) is 17.5. The van der Waals surface area contributed by atoms with Crippen LogP contribution in [0.25, 0.3) is 0 Å². The monoisotopic (exact) mass is 312 g/mol. The number of urea groups is 1. The molecule has 0 spiro atoms. The van der Waals surface area contributed by atoms with Gasteiger partial charge in [-0.15, -0.1) is 0 Å². The number of amides is 2. The van der Waals surface area contributed by atoms with E-state index in [2.05, 4.69) is 29.0 Å². The second-order valence-electron chi connectivity index (χ2n) is 6.64. The summed E-state index contributed by atoms with van der Waals surface area (Å²) in [7, 11) is 0. The van der Waals surface area contributed by atoms with Gasteiger partial charge in [-0.2, -0.15) is 0 Å². The van der Waals surface area contributed by atoms with Crippen LogP contribution in [0, 0.1) is 5.92 Å². The largest absolute Gasteiger partial charge is 0.377 e. The molecular weight excluding hydrogens is 280 g/mol.